The van der Waals surface area contributed by atoms with Crippen LogP contribution < -0.4 is 33.2 Å². The molecule has 0 aromatic rings. The van der Waals surface area contributed by atoms with Crippen LogP contribution in [0.1, 0.15) is 52.4 Å². The van der Waals surface area contributed by atoms with Crippen molar-refractivity contribution < 1.29 is 34.2 Å². The molecule has 0 aliphatic carbocycles. The number of carboxylic acids is 1. The van der Waals surface area contributed by atoms with Crippen LogP contribution in [0.5, 0.6) is 0 Å². The third-order valence-electron chi connectivity index (χ3n) is 4.76. The maximum atomic E-state index is 12.7. The molecule has 4 atom stereocenters. The number of amides is 4. The highest BCUT2D eigenvalue weighted by Crippen LogP contribution is 2.07. The lowest BCUT2D eigenvalue weighted by Crippen LogP contribution is -2.58. The van der Waals surface area contributed by atoms with Gasteiger partial charge in [-0.05, 0) is 38.1 Å². The zero-order chi connectivity index (χ0) is 25.6. The predicted octanol–water partition coefficient (Wildman–Crippen LogP) is -2.71. The summed E-state index contributed by atoms with van der Waals surface area (Å²) >= 11 is 0. The first-order chi connectivity index (χ1) is 15.4. The molecule has 0 aliphatic rings. The summed E-state index contributed by atoms with van der Waals surface area (Å²) in [6.07, 6.45) is 1.30. The highest BCUT2D eigenvalue weighted by atomic mass is 16.4. The molecule has 0 fully saturated rings. The van der Waals surface area contributed by atoms with E-state index in [1.807, 2.05) is 0 Å². The molecule has 4 unspecified atom stereocenters. The van der Waals surface area contributed by atoms with E-state index in [9.17, 15) is 34.2 Å². The molecule has 33 heavy (non-hydrogen) atoms. The lowest BCUT2D eigenvalue weighted by Gasteiger charge is -2.24. The Balaban J connectivity index is 5.25. The van der Waals surface area contributed by atoms with Crippen LogP contribution in [0.25, 0.3) is 0 Å². The molecular weight excluding hydrogens is 436 g/mol. The summed E-state index contributed by atoms with van der Waals surface area (Å²) in [6, 6.07) is -4.85. The maximum Gasteiger partial charge on any atom is 0.326 e. The Morgan fingerprint density at radius 3 is 1.88 bits per heavy atom. The number of carbonyl (C=O) groups excluding carboxylic acids is 4. The largest absolute Gasteiger partial charge is 0.480 e. The van der Waals surface area contributed by atoms with Crippen molar-refractivity contribution in [1.29, 1.82) is 0 Å². The van der Waals surface area contributed by atoms with E-state index >= 15 is 0 Å². The van der Waals surface area contributed by atoms with E-state index in [4.69, 9.17) is 17.2 Å². The molecule has 13 nitrogen and oxygen atoms in total. The van der Waals surface area contributed by atoms with Crippen LogP contribution in [0.3, 0.4) is 0 Å². The number of aliphatic hydroxyl groups excluding tert-OH is 1. The number of hydrogen-bond acceptors (Lipinski definition) is 8. The monoisotopic (exact) mass is 474 g/mol. The Hall–Kier alpha value is -2.77. The average Bonchev–Trinajstić information content (AvgIpc) is 2.73. The summed E-state index contributed by atoms with van der Waals surface area (Å²) in [5.74, 6) is -4.41. The number of nitrogens with two attached hydrogens (primary N) is 3. The van der Waals surface area contributed by atoms with Gasteiger partial charge in [-0.3, -0.25) is 19.2 Å². The van der Waals surface area contributed by atoms with Crippen molar-refractivity contribution in [2.75, 3.05) is 13.2 Å². The molecule has 0 saturated carbocycles. The number of aliphatic carboxylic acids is 1. The number of nitrogens with one attached hydrogen (secondary N) is 3. The Morgan fingerprint density at radius 2 is 1.39 bits per heavy atom. The van der Waals surface area contributed by atoms with E-state index in [1.54, 1.807) is 13.8 Å². The normalized spacial score (nSPS) is 14.6. The van der Waals surface area contributed by atoms with E-state index in [0.29, 0.717) is 25.8 Å². The van der Waals surface area contributed by atoms with Gasteiger partial charge < -0.3 is 43.4 Å². The first kappa shape index (κ1) is 30.2. The molecule has 0 saturated heterocycles. The SMILES string of the molecule is CC(C)CC(NC(=O)C(CCC(N)=O)NC(=O)C(CO)NC(=O)C(N)CCCCN)C(=O)O. The molecule has 0 aromatic carbocycles. The quantitative estimate of drug-likeness (QED) is 0.102. The van der Waals surface area contributed by atoms with E-state index in [1.165, 1.54) is 0 Å². The van der Waals surface area contributed by atoms with Crippen molar-refractivity contribution in [2.45, 2.75) is 76.5 Å². The smallest absolute Gasteiger partial charge is 0.326 e. The summed E-state index contributed by atoms with van der Waals surface area (Å²) in [6.45, 7) is 3.24. The highest BCUT2D eigenvalue weighted by Gasteiger charge is 2.30. The molecule has 13 heteroatoms. The minimum Gasteiger partial charge on any atom is -0.480 e. The van der Waals surface area contributed by atoms with Crippen LogP contribution in [-0.4, -0.2) is 77.1 Å². The van der Waals surface area contributed by atoms with Gasteiger partial charge in [-0.1, -0.05) is 20.3 Å². The van der Waals surface area contributed by atoms with Gasteiger partial charge in [0.1, 0.15) is 18.1 Å². The van der Waals surface area contributed by atoms with Gasteiger partial charge in [-0.25, -0.2) is 4.79 Å². The number of carbonyl (C=O) groups is 5. The van der Waals surface area contributed by atoms with Crippen molar-refractivity contribution in [2.24, 2.45) is 23.1 Å². The van der Waals surface area contributed by atoms with Crippen molar-refractivity contribution in [3.05, 3.63) is 0 Å². The van der Waals surface area contributed by atoms with Crippen LogP contribution >= 0.6 is 0 Å². The van der Waals surface area contributed by atoms with Gasteiger partial charge in [-0.15, -0.1) is 0 Å². The van der Waals surface area contributed by atoms with Crippen LogP contribution in [0, 0.1) is 5.92 Å². The van der Waals surface area contributed by atoms with E-state index in [2.05, 4.69) is 16.0 Å². The Labute approximate surface area is 193 Å². The minimum absolute atomic E-state index is 0.0342. The second-order valence-corrected chi connectivity index (χ2v) is 8.23. The molecule has 0 aromatic heterocycles. The number of hydrogen-bond donors (Lipinski definition) is 8. The lowest BCUT2D eigenvalue weighted by molar-refractivity contribution is -0.143. The summed E-state index contributed by atoms with van der Waals surface area (Å²) < 4.78 is 0. The van der Waals surface area contributed by atoms with Crippen LogP contribution in [-0.2, 0) is 24.0 Å². The van der Waals surface area contributed by atoms with Gasteiger partial charge in [0.05, 0.1) is 12.6 Å². The zero-order valence-corrected chi connectivity index (χ0v) is 19.2. The molecule has 0 rings (SSSR count). The van der Waals surface area contributed by atoms with Crippen LogP contribution in [0.2, 0.25) is 0 Å². The number of carboxylic acid groups (broad SMARTS) is 1. The Kier molecular flexibility index (Phi) is 14.6. The van der Waals surface area contributed by atoms with Gasteiger partial charge in [0.25, 0.3) is 0 Å². The lowest BCUT2D eigenvalue weighted by atomic mass is 10.0. The minimum atomic E-state index is -1.41. The number of rotatable bonds is 17. The van der Waals surface area contributed by atoms with Gasteiger partial charge in [0, 0.05) is 6.42 Å². The summed E-state index contributed by atoms with van der Waals surface area (Å²) in [4.78, 5) is 60.1. The summed E-state index contributed by atoms with van der Waals surface area (Å²) in [7, 11) is 0. The fourth-order valence-electron chi connectivity index (χ4n) is 2.91. The molecule has 4 amide bonds. The highest BCUT2D eigenvalue weighted by molar-refractivity contribution is 5.94. The Morgan fingerprint density at radius 1 is 0.848 bits per heavy atom. The molecule has 0 aliphatic heterocycles. The van der Waals surface area contributed by atoms with Gasteiger partial charge in [0.2, 0.25) is 23.6 Å². The van der Waals surface area contributed by atoms with Crippen molar-refractivity contribution in [1.82, 2.24) is 16.0 Å². The average molecular weight is 475 g/mol. The topological polar surface area (TPSA) is 240 Å². The van der Waals surface area contributed by atoms with Crippen LogP contribution in [0.4, 0.5) is 0 Å². The predicted molar refractivity (Wildman–Crippen MR) is 119 cm³/mol. The summed E-state index contributed by atoms with van der Waals surface area (Å²) in [5.41, 5.74) is 16.3. The van der Waals surface area contributed by atoms with E-state index < -0.39 is 60.4 Å². The maximum absolute atomic E-state index is 12.7. The van der Waals surface area contributed by atoms with Crippen LogP contribution in [0.15, 0.2) is 0 Å². The van der Waals surface area contributed by atoms with E-state index in [-0.39, 0.29) is 25.2 Å². The first-order valence-corrected chi connectivity index (χ1v) is 10.9. The second kappa shape index (κ2) is 15.9. The molecular formula is C20H38N6O7. The number of unbranched alkanes of at least 4 members (excludes halogenated alkanes) is 1. The van der Waals surface area contributed by atoms with Crippen molar-refractivity contribution >= 4 is 29.6 Å². The fourth-order valence-corrected chi connectivity index (χ4v) is 2.91. The molecule has 0 spiro atoms. The summed E-state index contributed by atoms with van der Waals surface area (Å²) in [5, 5.41) is 25.9. The van der Waals surface area contributed by atoms with Gasteiger partial charge >= 0.3 is 5.97 Å². The molecule has 190 valence electrons. The Bertz CT molecular complexity index is 673. The molecule has 0 bridgehead atoms. The fraction of sp³-hybridized carbons (Fsp3) is 0.750. The standard InChI is InChI=1S/C20H38N6O7/c1-11(2)9-14(20(32)33)25-18(30)13(6-7-16(23)28)24-19(31)15(10-27)26-17(29)12(22)5-3-4-8-21/h11-15,27H,3-10,21-22H2,1-2H3,(H2,23,28)(H,24,31)(H,25,30)(H,26,29)(H,32,33). The van der Waals surface area contributed by atoms with Gasteiger partial charge in [0.15, 0.2) is 0 Å². The van der Waals surface area contributed by atoms with Crippen molar-refractivity contribution in [3.63, 3.8) is 0 Å². The van der Waals surface area contributed by atoms with E-state index in [0.717, 1.165) is 0 Å². The zero-order valence-electron chi connectivity index (χ0n) is 19.2. The second-order valence-electron chi connectivity index (χ2n) is 8.23. The third-order valence-corrected chi connectivity index (χ3v) is 4.76. The number of aliphatic hydroxyl groups is 1. The molecule has 0 radical (unpaired) electrons. The molecule has 0 heterocycles. The molecule has 11 N–H and O–H groups in total. The first-order valence-electron chi connectivity index (χ1n) is 10.9. The van der Waals surface area contributed by atoms with Gasteiger partial charge in [-0.2, -0.15) is 0 Å². The third kappa shape index (κ3) is 12.7. The van der Waals surface area contributed by atoms with Crippen molar-refractivity contribution in [3.8, 4) is 0 Å². The number of primary amides is 1.